The zero-order valence-electron chi connectivity index (χ0n) is 8.76. The van der Waals surface area contributed by atoms with Gasteiger partial charge in [0, 0.05) is 0 Å². The topological polar surface area (TPSA) is 119 Å². The number of nitrogens with two attached hydrogens (primary N) is 1. The molecule has 3 heterocycles. The molecule has 0 amide bonds. The van der Waals surface area contributed by atoms with Crippen LogP contribution >= 0.6 is 0 Å². The van der Waals surface area contributed by atoms with Gasteiger partial charge in [-0.25, -0.2) is 15.0 Å². The number of hydrogen-bond acceptors (Lipinski definition) is 7. The van der Waals surface area contributed by atoms with Crippen molar-refractivity contribution >= 4 is 17.0 Å². The van der Waals surface area contributed by atoms with Gasteiger partial charge in [-0.05, 0) is 0 Å². The van der Waals surface area contributed by atoms with E-state index >= 15 is 0 Å². The highest BCUT2D eigenvalue weighted by molar-refractivity contribution is 5.81. The van der Waals surface area contributed by atoms with Gasteiger partial charge in [-0.3, -0.25) is 4.57 Å². The Labute approximate surface area is 95.7 Å². The molecule has 3 rings (SSSR count). The zero-order chi connectivity index (χ0) is 12.0. The predicted octanol–water partition coefficient (Wildman–Crippen LogP) is -1.34. The summed E-state index contributed by atoms with van der Waals surface area (Å²) in [7, 11) is 0. The number of anilines is 1. The summed E-state index contributed by atoms with van der Waals surface area (Å²) in [6.45, 7) is -0.221. The van der Waals surface area contributed by atoms with E-state index in [2.05, 4.69) is 15.0 Å². The number of aliphatic hydroxyl groups is 2. The maximum atomic E-state index is 9.76. The lowest BCUT2D eigenvalue weighted by Crippen LogP contribution is -2.52. The number of nitrogen functional groups attached to an aromatic ring is 1. The van der Waals surface area contributed by atoms with E-state index in [9.17, 15) is 5.11 Å². The Morgan fingerprint density at radius 2 is 2.24 bits per heavy atom. The van der Waals surface area contributed by atoms with Crippen molar-refractivity contribution in [1.29, 1.82) is 0 Å². The van der Waals surface area contributed by atoms with Crippen LogP contribution in [0.15, 0.2) is 12.7 Å². The van der Waals surface area contributed by atoms with Crippen molar-refractivity contribution in [2.75, 3.05) is 12.3 Å². The van der Waals surface area contributed by atoms with Crippen LogP contribution in [0.3, 0.4) is 0 Å². The Morgan fingerprint density at radius 3 is 2.94 bits per heavy atom. The van der Waals surface area contributed by atoms with E-state index in [0.717, 1.165) is 0 Å². The molecule has 17 heavy (non-hydrogen) atoms. The minimum absolute atomic E-state index is 0.221. The summed E-state index contributed by atoms with van der Waals surface area (Å²) >= 11 is 0. The third-order valence-electron chi connectivity index (χ3n) is 2.83. The second kappa shape index (κ2) is 3.62. The van der Waals surface area contributed by atoms with Crippen LogP contribution in [0.2, 0.25) is 0 Å². The largest absolute Gasteiger partial charge is 0.394 e. The summed E-state index contributed by atoms with van der Waals surface area (Å²) < 4.78 is 6.89. The molecule has 0 aromatic carbocycles. The van der Waals surface area contributed by atoms with E-state index < -0.39 is 18.4 Å². The molecule has 2 aromatic rings. The summed E-state index contributed by atoms with van der Waals surface area (Å²) in [5.74, 6) is 0.279. The summed E-state index contributed by atoms with van der Waals surface area (Å²) in [4.78, 5) is 11.9. The highest BCUT2D eigenvalue weighted by atomic mass is 16.6. The average molecular weight is 237 g/mol. The van der Waals surface area contributed by atoms with Gasteiger partial charge in [-0.15, -0.1) is 0 Å². The third kappa shape index (κ3) is 1.38. The van der Waals surface area contributed by atoms with Crippen molar-refractivity contribution in [3.8, 4) is 0 Å². The van der Waals surface area contributed by atoms with Crippen molar-refractivity contribution in [2.45, 2.75) is 18.4 Å². The molecular weight excluding hydrogens is 226 g/mol. The van der Waals surface area contributed by atoms with Crippen molar-refractivity contribution in [3.63, 3.8) is 0 Å². The standard InChI is InChI=1S/C9H11N5O3/c10-7-5-8(12-2-11-7)14(3-13-5)9-6(16)4(1-15)17-9/h2-4,6,9,15-16H,1H2,(H2,10,11,12)/t4-,6+,9-/m1/s1. The molecule has 8 heteroatoms. The molecule has 2 aromatic heterocycles. The van der Waals surface area contributed by atoms with Gasteiger partial charge in [0.1, 0.15) is 24.1 Å². The van der Waals surface area contributed by atoms with Crippen LogP contribution in [0.4, 0.5) is 5.82 Å². The van der Waals surface area contributed by atoms with Crippen molar-refractivity contribution in [3.05, 3.63) is 12.7 Å². The fourth-order valence-corrected chi connectivity index (χ4v) is 1.87. The molecule has 3 atom stereocenters. The minimum Gasteiger partial charge on any atom is -0.394 e. The van der Waals surface area contributed by atoms with E-state index in [1.54, 1.807) is 4.57 Å². The first-order chi connectivity index (χ1) is 8.22. The fourth-order valence-electron chi connectivity index (χ4n) is 1.87. The van der Waals surface area contributed by atoms with Crippen LogP contribution in [-0.2, 0) is 4.74 Å². The molecule has 1 saturated heterocycles. The van der Waals surface area contributed by atoms with Crippen LogP contribution in [-0.4, -0.2) is 48.5 Å². The van der Waals surface area contributed by atoms with E-state index in [4.69, 9.17) is 15.6 Å². The van der Waals surface area contributed by atoms with Gasteiger partial charge in [-0.2, -0.15) is 0 Å². The molecule has 0 unspecified atom stereocenters. The Morgan fingerprint density at radius 1 is 1.41 bits per heavy atom. The summed E-state index contributed by atoms with van der Waals surface area (Å²) in [5, 5.41) is 18.6. The van der Waals surface area contributed by atoms with Gasteiger partial charge in [0.05, 0.1) is 12.9 Å². The van der Waals surface area contributed by atoms with Gasteiger partial charge in [-0.1, -0.05) is 0 Å². The number of hydrogen-bond donors (Lipinski definition) is 3. The first kappa shape index (κ1) is 10.4. The summed E-state index contributed by atoms with van der Waals surface area (Å²) in [6.07, 6.45) is 0.874. The number of imidazole rings is 1. The number of aromatic nitrogens is 4. The first-order valence-electron chi connectivity index (χ1n) is 5.09. The van der Waals surface area contributed by atoms with E-state index in [-0.39, 0.29) is 12.4 Å². The molecule has 0 aliphatic carbocycles. The maximum Gasteiger partial charge on any atom is 0.167 e. The van der Waals surface area contributed by atoms with Crippen molar-refractivity contribution < 1.29 is 14.9 Å². The van der Waals surface area contributed by atoms with E-state index in [1.807, 2.05) is 0 Å². The molecule has 8 nitrogen and oxygen atoms in total. The highest BCUT2D eigenvalue weighted by Crippen LogP contribution is 2.32. The molecule has 4 N–H and O–H groups in total. The predicted molar refractivity (Wildman–Crippen MR) is 56.7 cm³/mol. The lowest BCUT2D eigenvalue weighted by atomic mass is 10.1. The quantitative estimate of drug-likeness (QED) is 0.591. The van der Waals surface area contributed by atoms with E-state index in [1.165, 1.54) is 12.7 Å². The van der Waals surface area contributed by atoms with E-state index in [0.29, 0.717) is 11.2 Å². The van der Waals surface area contributed by atoms with Crippen LogP contribution in [0.1, 0.15) is 6.23 Å². The number of fused-ring (bicyclic) bond motifs is 1. The summed E-state index contributed by atoms with van der Waals surface area (Å²) in [5.41, 5.74) is 6.61. The lowest BCUT2D eigenvalue weighted by Gasteiger charge is -2.40. The maximum absolute atomic E-state index is 9.76. The van der Waals surface area contributed by atoms with Crippen molar-refractivity contribution in [2.24, 2.45) is 0 Å². The second-order valence-corrected chi connectivity index (χ2v) is 3.82. The normalized spacial score (nSPS) is 28.2. The number of nitrogens with zero attached hydrogens (tertiary/aromatic N) is 4. The Kier molecular flexibility index (Phi) is 2.21. The Balaban J connectivity index is 2.00. The molecule has 0 radical (unpaired) electrons. The number of aliphatic hydroxyl groups excluding tert-OH is 2. The monoisotopic (exact) mass is 237 g/mol. The fraction of sp³-hybridized carbons (Fsp3) is 0.444. The highest BCUT2D eigenvalue weighted by Gasteiger charge is 2.42. The molecule has 0 saturated carbocycles. The summed E-state index contributed by atoms with van der Waals surface area (Å²) in [6, 6.07) is 0. The Bertz CT molecular complexity index is 557. The van der Waals surface area contributed by atoms with Crippen LogP contribution < -0.4 is 5.73 Å². The van der Waals surface area contributed by atoms with Gasteiger partial charge < -0.3 is 20.7 Å². The van der Waals surface area contributed by atoms with Crippen LogP contribution in [0, 0.1) is 0 Å². The van der Waals surface area contributed by atoms with Gasteiger partial charge in [0.15, 0.2) is 17.7 Å². The molecule has 0 bridgehead atoms. The van der Waals surface area contributed by atoms with Crippen molar-refractivity contribution in [1.82, 2.24) is 19.5 Å². The van der Waals surface area contributed by atoms with Gasteiger partial charge >= 0.3 is 0 Å². The molecule has 0 spiro atoms. The first-order valence-corrected chi connectivity index (χ1v) is 5.09. The third-order valence-corrected chi connectivity index (χ3v) is 2.83. The smallest absolute Gasteiger partial charge is 0.167 e. The second-order valence-electron chi connectivity index (χ2n) is 3.82. The molecule has 1 aliphatic rings. The van der Waals surface area contributed by atoms with Gasteiger partial charge in [0.25, 0.3) is 0 Å². The zero-order valence-corrected chi connectivity index (χ0v) is 8.76. The molecule has 1 aliphatic heterocycles. The average Bonchev–Trinajstić information content (AvgIpc) is 2.73. The van der Waals surface area contributed by atoms with Crippen LogP contribution in [0.5, 0.6) is 0 Å². The van der Waals surface area contributed by atoms with Gasteiger partial charge in [0.2, 0.25) is 0 Å². The number of rotatable bonds is 2. The number of ether oxygens (including phenoxy) is 1. The SMILES string of the molecule is Nc1ncnc2c1ncn2[C@@H]1O[C@H](CO)[C@@H]1O. The molecular formula is C9H11N5O3. The molecule has 90 valence electrons. The van der Waals surface area contributed by atoms with Crippen LogP contribution in [0.25, 0.3) is 11.2 Å². The minimum atomic E-state index is -0.784. The Hall–Kier alpha value is -1.77. The molecule has 1 fully saturated rings. The lowest BCUT2D eigenvalue weighted by molar-refractivity contribution is -0.264.